The van der Waals surface area contributed by atoms with E-state index in [0.29, 0.717) is 29.7 Å². The molecule has 2 N–H and O–H groups in total. The van der Waals surface area contributed by atoms with Crippen LogP contribution in [0.15, 0.2) is 4.99 Å². The Bertz CT molecular complexity index is 649. The van der Waals surface area contributed by atoms with Crippen LogP contribution in [-0.2, 0) is 9.47 Å². The Morgan fingerprint density at radius 3 is 2.96 bits per heavy atom. The van der Waals surface area contributed by atoms with Gasteiger partial charge in [-0.05, 0) is 34.7 Å². The Morgan fingerprint density at radius 2 is 2.30 bits per heavy atom. The van der Waals surface area contributed by atoms with Crippen molar-refractivity contribution >= 4 is 23.3 Å². The first kappa shape index (κ1) is 21.6. The minimum atomic E-state index is -0.315. The maximum atomic E-state index is 12.0. The van der Waals surface area contributed by atoms with E-state index in [-0.39, 0.29) is 18.1 Å². The largest absolute Gasteiger partial charge is 0.462 e. The summed E-state index contributed by atoms with van der Waals surface area (Å²) in [5, 5.41) is 7.44. The predicted octanol–water partition coefficient (Wildman–Crippen LogP) is 1.57. The summed E-state index contributed by atoms with van der Waals surface area (Å²) in [4.78, 5) is 24.0. The number of nitrogens with zero attached hydrogens (tertiary/aromatic N) is 3. The standard InChI is InChI=1S/C18H31N5O3S/c1-6-19-18(20-10-14-11-23(5)8-9-26-14)22-13(4)16-21-12(3)15(27-16)17(24)25-7-2/h13-14H,6-11H2,1-5H3,(H2,19,20,22). The minimum absolute atomic E-state index is 0.0791. The molecule has 8 nitrogen and oxygen atoms in total. The molecule has 0 aliphatic carbocycles. The molecule has 0 spiro atoms. The van der Waals surface area contributed by atoms with Crippen LogP contribution >= 0.6 is 11.3 Å². The molecular weight excluding hydrogens is 366 g/mol. The highest BCUT2D eigenvalue weighted by Crippen LogP contribution is 2.24. The lowest BCUT2D eigenvalue weighted by Crippen LogP contribution is -2.43. The topological polar surface area (TPSA) is 88.1 Å². The summed E-state index contributed by atoms with van der Waals surface area (Å²) in [6.07, 6.45) is 0.104. The normalized spacial score (nSPS) is 19.6. The zero-order chi connectivity index (χ0) is 19.8. The summed E-state index contributed by atoms with van der Waals surface area (Å²) >= 11 is 1.36. The van der Waals surface area contributed by atoms with Gasteiger partial charge in [-0.15, -0.1) is 11.3 Å². The number of morpholine rings is 1. The van der Waals surface area contributed by atoms with E-state index in [2.05, 4.69) is 32.6 Å². The summed E-state index contributed by atoms with van der Waals surface area (Å²) in [5.74, 6) is 0.400. The molecule has 2 unspecified atom stereocenters. The quantitative estimate of drug-likeness (QED) is 0.410. The summed E-state index contributed by atoms with van der Waals surface area (Å²) in [5.41, 5.74) is 0.697. The molecular formula is C18H31N5O3S. The molecule has 2 atom stereocenters. The molecule has 2 heterocycles. The Hall–Kier alpha value is -1.71. The molecule has 9 heteroatoms. The van der Waals surface area contributed by atoms with Crippen LogP contribution in [0.2, 0.25) is 0 Å². The highest BCUT2D eigenvalue weighted by Gasteiger charge is 2.21. The molecule has 27 heavy (non-hydrogen) atoms. The van der Waals surface area contributed by atoms with Crippen molar-refractivity contribution in [3.05, 3.63) is 15.6 Å². The Morgan fingerprint density at radius 1 is 1.52 bits per heavy atom. The van der Waals surface area contributed by atoms with Gasteiger partial charge in [0.1, 0.15) is 9.88 Å². The third-order valence-electron chi connectivity index (χ3n) is 4.14. The molecule has 0 saturated carbocycles. The highest BCUT2D eigenvalue weighted by atomic mass is 32.1. The monoisotopic (exact) mass is 397 g/mol. The van der Waals surface area contributed by atoms with Gasteiger partial charge in [0, 0.05) is 19.6 Å². The number of carbonyl (C=O) groups excluding carboxylic acids is 1. The van der Waals surface area contributed by atoms with Gasteiger partial charge in [-0.25, -0.2) is 9.78 Å². The first-order chi connectivity index (χ1) is 12.9. The lowest BCUT2D eigenvalue weighted by atomic mass is 10.3. The van der Waals surface area contributed by atoms with E-state index in [1.807, 2.05) is 20.8 Å². The second-order valence-corrected chi connectivity index (χ2v) is 7.56. The number of hydrogen-bond acceptors (Lipinski definition) is 7. The van der Waals surface area contributed by atoms with E-state index in [4.69, 9.17) is 9.47 Å². The zero-order valence-electron chi connectivity index (χ0n) is 16.9. The number of guanidine groups is 1. The van der Waals surface area contributed by atoms with Gasteiger partial charge in [0.2, 0.25) is 0 Å². The molecule has 0 aromatic carbocycles. The molecule has 152 valence electrons. The number of likely N-dealkylation sites (N-methyl/N-ethyl adjacent to an activating group) is 1. The Labute approximate surface area is 165 Å². The van der Waals surface area contributed by atoms with E-state index < -0.39 is 0 Å². The van der Waals surface area contributed by atoms with E-state index >= 15 is 0 Å². The molecule has 1 fully saturated rings. The van der Waals surface area contributed by atoms with Crippen LogP contribution in [-0.4, -0.2) is 74.4 Å². The van der Waals surface area contributed by atoms with Crippen LogP contribution in [0.5, 0.6) is 0 Å². The van der Waals surface area contributed by atoms with Gasteiger partial charge in [0.25, 0.3) is 0 Å². The third kappa shape index (κ3) is 6.44. The number of nitrogens with one attached hydrogen (secondary N) is 2. The first-order valence-electron chi connectivity index (χ1n) is 9.44. The van der Waals surface area contributed by atoms with Crippen molar-refractivity contribution < 1.29 is 14.3 Å². The van der Waals surface area contributed by atoms with E-state index in [0.717, 1.165) is 31.2 Å². The maximum absolute atomic E-state index is 12.0. The summed E-state index contributed by atoms with van der Waals surface area (Å²) in [6, 6.07) is -0.0791. The van der Waals surface area contributed by atoms with Crippen LogP contribution in [0.3, 0.4) is 0 Å². The second-order valence-electron chi connectivity index (χ2n) is 6.53. The van der Waals surface area contributed by atoms with Gasteiger partial charge in [-0.3, -0.25) is 4.99 Å². The average molecular weight is 398 g/mol. The molecule has 2 rings (SSSR count). The van der Waals surface area contributed by atoms with Gasteiger partial charge in [0.05, 0.1) is 37.6 Å². The number of rotatable bonds is 7. The summed E-state index contributed by atoms with van der Waals surface area (Å²) in [7, 11) is 2.09. The Balaban J connectivity index is 2.01. The SMILES string of the molecule is CCNC(=NCC1CN(C)CCO1)NC(C)c1nc(C)c(C(=O)OCC)s1. The van der Waals surface area contributed by atoms with Crippen molar-refractivity contribution in [2.75, 3.05) is 46.4 Å². The van der Waals surface area contributed by atoms with Gasteiger partial charge in [-0.1, -0.05) is 0 Å². The number of ether oxygens (including phenoxy) is 2. The van der Waals surface area contributed by atoms with Gasteiger partial charge >= 0.3 is 5.97 Å². The van der Waals surface area contributed by atoms with Crippen LogP contribution in [0.4, 0.5) is 0 Å². The molecule has 1 aliphatic rings. The molecule has 0 amide bonds. The number of esters is 1. The zero-order valence-corrected chi connectivity index (χ0v) is 17.7. The molecule has 1 saturated heterocycles. The number of aliphatic imine (C=N–C) groups is 1. The van der Waals surface area contributed by atoms with Crippen molar-refractivity contribution in [1.82, 2.24) is 20.5 Å². The molecule has 0 bridgehead atoms. The van der Waals surface area contributed by atoms with Crippen molar-refractivity contribution in [2.24, 2.45) is 4.99 Å². The average Bonchev–Trinajstić information content (AvgIpc) is 3.02. The Kier molecular flexibility index (Phi) is 8.46. The maximum Gasteiger partial charge on any atom is 0.350 e. The van der Waals surface area contributed by atoms with Crippen molar-refractivity contribution in [3.63, 3.8) is 0 Å². The van der Waals surface area contributed by atoms with Gasteiger partial charge in [0.15, 0.2) is 5.96 Å². The van der Waals surface area contributed by atoms with Gasteiger partial charge in [-0.2, -0.15) is 0 Å². The predicted molar refractivity (Wildman–Crippen MR) is 108 cm³/mol. The van der Waals surface area contributed by atoms with E-state index in [9.17, 15) is 4.79 Å². The fourth-order valence-corrected chi connectivity index (χ4v) is 3.71. The molecule has 1 aromatic rings. The molecule has 1 aromatic heterocycles. The van der Waals surface area contributed by atoms with Gasteiger partial charge < -0.3 is 25.0 Å². The fraction of sp³-hybridized carbons (Fsp3) is 0.722. The van der Waals surface area contributed by atoms with Crippen LogP contribution in [0.1, 0.15) is 47.2 Å². The van der Waals surface area contributed by atoms with Crippen molar-refractivity contribution in [1.29, 1.82) is 0 Å². The van der Waals surface area contributed by atoms with Crippen molar-refractivity contribution in [3.8, 4) is 0 Å². The summed E-state index contributed by atoms with van der Waals surface area (Å²) in [6.45, 7) is 12.0. The number of aryl methyl sites for hydroxylation is 1. The lowest BCUT2D eigenvalue weighted by Gasteiger charge is -2.29. The van der Waals surface area contributed by atoms with E-state index in [1.165, 1.54) is 11.3 Å². The number of hydrogen-bond donors (Lipinski definition) is 2. The minimum Gasteiger partial charge on any atom is -0.462 e. The molecule has 1 aliphatic heterocycles. The number of aromatic nitrogens is 1. The number of thiazole rings is 1. The second kappa shape index (κ2) is 10.6. The number of carbonyl (C=O) groups is 1. The lowest BCUT2D eigenvalue weighted by molar-refractivity contribution is -0.0136. The third-order valence-corrected chi connectivity index (χ3v) is 5.46. The highest BCUT2D eigenvalue weighted by molar-refractivity contribution is 7.13. The first-order valence-corrected chi connectivity index (χ1v) is 10.3. The van der Waals surface area contributed by atoms with Crippen LogP contribution in [0, 0.1) is 6.92 Å². The molecule has 0 radical (unpaired) electrons. The van der Waals surface area contributed by atoms with Crippen molar-refractivity contribution in [2.45, 2.75) is 39.8 Å². The smallest absolute Gasteiger partial charge is 0.350 e. The van der Waals surface area contributed by atoms with Crippen LogP contribution < -0.4 is 10.6 Å². The van der Waals surface area contributed by atoms with Crippen LogP contribution in [0.25, 0.3) is 0 Å². The van der Waals surface area contributed by atoms with E-state index in [1.54, 1.807) is 6.92 Å². The summed E-state index contributed by atoms with van der Waals surface area (Å²) < 4.78 is 10.9. The fourth-order valence-electron chi connectivity index (χ4n) is 2.75.